The summed E-state index contributed by atoms with van der Waals surface area (Å²) in [5.41, 5.74) is 4.46. The maximum atomic E-state index is 16.1. The molecule has 1 saturated carbocycles. The van der Waals surface area contributed by atoms with E-state index in [0.29, 0.717) is 33.9 Å². The Morgan fingerprint density at radius 2 is 1.79 bits per heavy atom. The van der Waals surface area contributed by atoms with Gasteiger partial charge in [0.1, 0.15) is 23.6 Å². The van der Waals surface area contributed by atoms with Crippen molar-refractivity contribution in [1.82, 2.24) is 35.1 Å². The number of nitrogens with one attached hydrogen (secondary N) is 3. The minimum Gasteiger partial charge on any atom is -0.374 e. The first-order valence-electron chi connectivity index (χ1n) is 12.6. The van der Waals surface area contributed by atoms with Crippen molar-refractivity contribution in [3.63, 3.8) is 0 Å². The van der Waals surface area contributed by atoms with Gasteiger partial charge in [-0.05, 0) is 42.7 Å². The van der Waals surface area contributed by atoms with Crippen LogP contribution in [0.15, 0.2) is 61.2 Å². The average molecular weight is 525 g/mol. The lowest BCUT2D eigenvalue weighted by Crippen LogP contribution is -2.33. The van der Waals surface area contributed by atoms with Crippen LogP contribution in [0.4, 0.5) is 14.5 Å². The molecule has 1 atom stereocenters. The lowest BCUT2D eigenvalue weighted by Gasteiger charge is -2.31. The van der Waals surface area contributed by atoms with Gasteiger partial charge in [0, 0.05) is 41.2 Å². The first-order valence-corrected chi connectivity index (χ1v) is 12.6. The number of hydrogen-bond donors (Lipinski definition) is 4. The zero-order valence-electron chi connectivity index (χ0n) is 20.5. The number of halogens is 2. The van der Waals surface area contributed by atoms with Crippen molar-refractivity contribution < 1.29 is 13.9 Å². The number of rotatable bonds is 6. The van der Waals surface area contributed by atoms with Crippen LogP contribution >= 0.6 is 0 Å². The number of benzene rings is 1. The van der Waals surface area contributed by atoms with Crippen molar-refractivity contribution in [2.45, 2.75) is 25.5 Å². The Bertz CT molecular complexity index is 1830. The Morgan fingerprint density at radius 1 is 0.949 bits per heavy atom. The summed E-state index contributed by atoms with van der Waals surface area (Å²) in [6.45, 7) is 0. The molecule has 9 nitrogen and oxygen atoms in total. The number of fused-ring (bicyclic) bond motifs is 2. The van der Waals surface area contributed by atoms with Gasteiger partial charge in [-0.15, -0.1) is 0 Å². The molecular weight excluding hydrogens is 502 g/mol. The second-order valence-corrected chi connectivity index (χ2v) is 9.67. The van der Waals surface area contributed by atoms with E-state index in [1.54, 1.807) is 42.9 Å². The van der Waals surface area contributed by atoms with Crippen LogP contribution in [0.2, 0.25) is 0 Å². The van der Waals surface area contributed by atoms with Crippen molar-refractivity contribution in [1.29, 1.82) is 0 Å². The summed E-state index contributed by atoms with van der Waals surface area (Å²) in [5.74, 6) is -0.319. The van der Waals surface area contributed by atoms with Crippen LogP contribution in [-0.2, 0) is 0 Å². The zero-order valence-corrected chi connectivity index (χ0v) is 20.5. The second kappa shape index (κ2) is 9.21. The van der Waals surface area contributed by atoms with Crippen LogP contribution in [0.25, 0.3) is 56.0 Å². The predicted molar refractivity (Wildman–Crippen MR) is 142 cm³/mol. The predicted octanol–water partition coefficient (Wildman–Crippen LogP) is 5.43. The Kier molecular flexibility index (Phi) is 5.51. The molecule has 1 aliphatic rings. The highest BCUT2D eigenvalue weighted by Gasteiger charge is 2.26. The molecule has 1 unspecified atom stereocenters. The minimum atomic E-state index is -0.678. The number of aromatic nitrogens is 7. The number of imidazole rings is 1. The Hall–Kier alpha value is -4.77. The van der Waals surface area contributed by atoms with Gasteiger partial charge in [0.2, 0.25) is 0 Å². The Labute approximate surface area is 220 Å². The molecule has 6 aromatic rings. The normalized spacial score (nSPS) is 14.5. The molecule has 11 heteroatoms. The smallest absolute Gasteiger partial charge is 0.184 e. The summed E-state index contributed by atoms with van der Waals surface area (Å²) >= 11 is 0. The largest absolute Gasteiger partial charge is 0.374 e. The minimum absolute atomic E-state index is 0.169. The van der Waals surface area contributed by atoms with E-state index in [9.17, 15) is 9.50 Å². The summed E-state index contributed by atoms with van der Waals surface area (Å²) < 4.78 is 29.5. The third kappa shape index (κ3) is 4.07. The van der Waals surface area contributed by atoms with E-state index < -0.39 is 12.0 Å². The molecular formula is C28H22F2N8O. The van der Waals surface area contributed by atoms with E-state index in [1.807, 2.05) is 0 Å². The van der Waals surface area contributed by atoms with Crippen LogP contribution in [0.1, 0.15) is 19.3 Å². The van der Waals surface area contributed by atoms with Crippen LogP contribution < -0.4 is 5.32 Å². The van der Waals surface area contributed by atoms with E-state index in [0.717, 1.165) is 30.4 Å². The van der Waals surface area contributed by atoms with Gasteiger partial charge in [0.15, 0.2) is 17.1 Å². The fourth-order valence-corrected chi connectivity index (χ4v) is 4.93. The SMILES string of the molecule is OC(Nc1cncc(-c2cnc3n[nH]c(-c4nc5nccc(-c6ccc(F)cc6)c5[nH]4)c3c2F)c1)C1CCC1. The van der Waals surface area contributed by atoms with E-state index in [1.165, 1.54) is 18.3 Å². The van der Waals surface area contributed by atoms with Gasteiger partial charge in [-0.25, -0.2) is 23.7 Å². The number of H-pyrrole nitrogens is 2. The van der Waals surface area contributed by atoms with Crippen LogP contribution in [0, 0.1) is 17.6 Å². The molecule has 7 rings (SSSR count). The number of anilines is 1. The van der Waals surface area contributed by atoms with Gasteiger partial charge in [-0.2, -0.15) is 5.10 Å². The maximum Gasteiger partial charge on any atom is 0.184 e. The molecule has 0 radical (unpaired) electrons. The third-order valence-corrected chi connectivity index (χ3v) is 7.26. The van der Waals surface area contributed by atoms with Crippen LogP contribution in [0.3, 0.4) is 0 Å². The summed E-state index contributed by atoms with van der Waals surface area (Å²) in [6, 6.07) is 9.66. The number of aliphatic hydroxyl groups excluding tert-OH is 1. The summed E-state index contributed by atoms with van der Waals surface area (Å²) in [6.07, 6.45) is 8.56. The highest BCUT2D eigenvalue weighted by Crippen LogP contribution is 2.35. The van der Waals surface area contributed by atoms with E-state index in [-0.39, 0.29) is 28.3 Å². The molecule has 39 heavy (non-hydrogen) atoms. The van der Waals surface area contributed by atoms with Crippen LogP contribution in [-0.4, -0.2) is 46.5 Å². The number of aliphatic hydroxyl groups is 1. The fourth-order valence-electron chi connectivity index (χ4n) is 4.93. The Balaban J connectivity index is 1.29. The maximum absolute atomic E-state index is 16.1. The summed E-state index contributed by atoms with van der Waals surface area (Å²) in [7, 11) is 0. The topological polar surface area (TPSA) is 128 Å². The molecule has 4 N–H and O–H groups in total. The summed E-state index contributed by atoms with van der Waals surface area (Å²) in [4.78, 5) is 20.7. The number of hydrogen-bond acceptors (Lipinski definition) is 7. The molecule has 0 bridgehead atoms. The average Bonchev–Trinajstić information content (AvgIpc) is 3.53. The molecule has 0 amide bonds. The van der Waals surface area contributed by atoms with Gasteiger partial charge >= 0.3 is 0 Å². The monoisotopic (exact) mass is 524 g/mol. The molecule has 1 aromatic carbocycles. The standard InChI is InChI=1S/C28H22F2N8O/c29-17-6-4-14(5-7-17)19-8-9-32-26-23(19)35-27(36-26)24-21-22(30)20(13-33-25(21)38-37-24)16-10-18(12-31-11-16)34-28(39)15-2-1-3-15/h4-13,15,28,34,39H,1-3H2,(H,32,35,36)(H,33,37,38). The Morgan fingerprint density at radius 3 is 2.59 bits per heavy atom. The second-order valence-electron chi connectivity index (χ2n) is 9.67. The molecule has 0 aliphatic heterocycles. The lowest BCUT2D eigenvalue weighted by atomic mass is 9.84. The molecule has 5 aromatic heterocycles. The van der Waals surface area contributed by atoms with Gasteiger partial charge in [0.05, 0.1) is 22.8 Å². The van der Waals surface area contributed by atoms with Crippen LogP contribution in [0.5, 0.6) is 0 Å². The first-order chi connectivity index (χ1) is 19.0. The van der Waals surface area contributed by atoms with Gasteiger partial charge in [-0.3, -0.25) is 10.1 Å². The first kappa shape index (κ1) is 23.4. The molecule has 1 aliphatic carbocycles. The van der Waals surface area contributed by atoms with Crippen molar-refractivity contribution in [2.24, 2.45) is 5.92 Å². The van der Waals surface area contributed by atoms with E-state index in [2.05, 4.69) is 40.4 Å². The molecule has 1 fully saturated rings. The van der Waals surface area contributed by atoms with Gasteiger partial charge in [0.25, 0.3) is 0 Å². The van der Waals surface area contributed by atoms with Crippen molar-refractivity contribution in [2.75, 3.05) is 5.32 Å². The number of nitrogens with zero attached hydrogens (tertiary/aromatic N) is 5. The molecule has 0 spiro atoms. The van der Waals surface area contributed by atoms with E-state index >= 15 is 4.39 Å². The van der Waals surface area contributed by atoms with Crippen molar-refractivity contribution >= 4 is 27.9 Å². The lowest BCUT2D eigenvalue weighted by molar-refractivity contribution is 0.0851. The quantitative estimate of drug-likeness (QED) is 0.214. The van der Waals surface area contributed by atoms with Crippen molar-refractivity contribution in [3.8, 4) is 33.8 Å². The third-order valence-electron chi connectivity index (χ3n) is 7.26. The fraction of sp³-hybridized carbons (Fsp3) is 0.179. The molecule has 194 valence electrons. The number of pyridine rings is 3. The number of aromatic amines is 2. The van der Waals surface area contributed by atoms with E-state index in [4.69, 9.17) is 0 Å². The molecule has 0 saturated heterocycles. The van der Waals surface area contributed by atoms with Gasteiger partial charge < -0.3 is 15.4 Å². The highest BCUT2D eigenvalue weighted by atomic mass is 19.1. The van der Waals surface area contributed by atoms with Gasteiger partial charge in [-0.1, -0.05) is 18.6 Å². The molecule has 5 heterocycles. The highest BCUT2D eigenvalue weighted by molar-refractivity contribution is 5.96. The summed E-state index contributed by atoms with van der Waals surface area (Å²) in [5, 5.41) is 20.7. The zero-order chi connectivity index (χ0) is 26.5. The van der Waals surface area contributed by atoms with Crippen molar-refractivity contribution in [3.05, 3.63) is 72.8 Å².